The first-order valence-electron chi connectivity index (χ1n) is 10.1. The summed E-state index contributed by atoms with van der Waals surface area (Å²) >= 11 is 0. The molecule has 0 saturated carbocycles. The lowest BCUT2D eigenvalue weighted by Crippen LogP contribution is -2.25. The number of anilines is 1. The number of nitrogens with zero attached hydrogens (tertiary/aromatic N) is 2. The zero-order valence-electron chi connectivity index (χ0n) is 17.2. The molecule has 6 heteroatoms. The Hall–Kier alpha value is -3.25. The van der Waals surface area contributed by atoms with Crippen LogP contribution < -0.4 is 19.1 Å². The molecule has 1 atom stereocenters. The smallest absolute Gasteiger partial charge is 0.216 e. The van der Waals surface area contributed by atoms with Crippen LogP contribution in [-0.4, -0.2) is 36.4 Å². The minimum Gasteiger partial charge on any atom is -0.493 e. The number of aliphatic hydroxyl groups excluding tert-OH is 1. The molecule has 1 saturated heterocycles. The number of para-hydroxylation sites is 2. The Morgan fingerprint density at radius 2 is 1.93 bits per heavy atom. The fraction of sp³-hybridized carbons (Fsp3) is 0.292. The highest BCUT2D eigenvalue weighted by Gasteiger charge is 2.26. The van der Waals surface area contributed by atoms with Crippen molar-refractivity contribution in [2.75, 3.05) is 25.1 Å². The number of pyridine rings is 1. The molecule has 1 aliphatic heterocycles. The number of aryl methyl sites for hydroxylation is 1. The van der Waals surface area contributed by atoms with Crippen molar-refractivity contribution in [1.29, 1.82) is 0 Å². The van der Waals surface area contributed by atoms with E-state index in [2.05, 4.69) is 9.88 Å². The average Bonchev–Trinajstić information content (AvgIpc) is 3.24. The number of methoxy groups -OCH3 is 1. The Bertz CT molecular complexity index is 1010. The van der Waals surface area contributed by atoms with Crippen LogP contribution in [0.15, 0.2) is 60.8 Å². The van der Waals surface area contributed by atoms with E-state index in [9.17, 15) is 5.11 Å². The van der Waals surface area contributed by atoms with E-state index in [0.717, 1.165) is 36.3 Å². The van der Waals surface area contributed by atoms with Gasteiger partial charge in [-0.2, -0.15) is 0 Å². The fourth-order valence-corrected chi connectivity index (χ4v) is 3.69. The van der Waals surface area contributed by atoms with Gasteiger partial charge in [0.05, 0.1) is 20.3 Å². The predicted octanol–water partition coefficient (Wildman–Crippen LogP) is 4.34. The van der Waals surface area contributed by atoms with E-state index in [1.807, 2.05) is 61.5 Å². The van der Waals surface area contributed by atoms with Gasteiger partial charge in [0.15, 0.2) is 11.5 Å². The summed E-state index contributed by atoms with van der Waals surface area (Å²) in [5.41, 5.74) is 2.84. The lowest BCUT2D eigenvalue weighted by atomic mass is 10.1. The Balaban J connectivity index is 1.47. The Morgan fingerprint density at radius 1 is 1.10 bits per heavy atom. The molecule has 4 rings (SSSR count). The van der Waals surface area contributed by atoms with Crippen molar-refractivity contribution in [2.24, 2.45) is 0 Å². The van der Waals surface area contributed by atoms with E-state index >= 15 is 0 Å². The zero-order chi connectivity index (χ0) is 20.9. The first-order valence-corrected chi connectivity index (χ1v) is 10.1. The van der Waals surface area contributed by atoms with Crippen LogP contribution in [0.5, 0.6) is 23.1 Å². The Labute approximate surface area is 176 Å². The van der Waals surface area contributed by atoms with E-state index < -0.39 is 0 Å². The number of aliphatic hydroxyl groups is 1. The van der Waals surface area contributed by atoms with Gasteiger partial charge in [-0.3, -0.25) is 0 Å². The SMILES string of the molecule is COc1ccccc1Oc1ccc(N2CCC(Oc3ncccc3C)C2)c(CO)c1. The van der Waals surface area contributed by atoms with Gasteiger partial charge in [-0.25, -0.2) is 4.98 Å². The van der Waals surface area contributed by atoms with Gasteiger partial charge in [-0.1, -0.05) is 18.2 Å². The minimum atomic E-state index is -0.0696. The van der Waals surface area contributed by atoms with E-state index in [-0.39, 0.29) is 12.7 Å². The van der Waals surface area contributed by atoms with Crippen LogP contribution in [0.2, 0.25) is 0 Å². The van der Waals surface area contributed by atoms with Crippen LogP contribution in [0.1, 0.15) is 17.5 Å². The third kappa shape index (κ3) is 4.33. The molecule has 2 heterocycles. The maximum absolute atomic E-state index is 9.96. The molecule has 0 aliphatic carbocycles. The van der Waals surface area contributed by atoms with E-state index in [1.54, 1.807) is 13.3 Å². The van der Waals surface area contributed by atoms with Gasteiger partial charge in [0.2, 0.25) is 5.88 Å². The molecule has 1 fully saturated rings. The van der Waals surface area contributed by atoms with Crippen molar-refractivity contribution < 1.29 is 19.3 Å². The second-order valence-electron chi connectivity index (χ2n) is 7.30. The molecule has 0 spiro atoms. The molecular formula is C24H26N2O4. The highest BCUT2D eigenvalue weighted by molar-refractivity contribution is 5.58. The summed E-state index contributed by atoms with van der Waals surface area (Å²) in [7, 11) is 1.61. The number of benzene rings is 2. The van der Waals surface area contributed by atoms with E-state index in [0.29, 0.717) is 23.1 Å². The summed E-state index contributed by atoms with van der Waals surface area (Å²) in [5.74, 6) is 2.64. The van der Waals surface area contributed by atoms with Crippen molar-refractivity contribution >= 4 is 5.69 Å². The maximum atomic E-state index is 9.96. The number of aromatic nitrogens is 1. The largest absolute Gasteiger partial charge is 0.493 e. The molecule has 3 aromatic rings. The first kappa shape index (κ1) is 20.0. The molecule has 1 aromatic heterocycles. The van der Waals surface area contributed by atoms with Gasteiger partial charge in [0.25, 0.3) is 0 Å². The number of hydrogen-bond acceptors (Lipinski definition) is 6. The summed E-state index contributed by atoms with van der Waals surface area (Å²) in [5, 5.41) is 9.96. The molecule has 1 unspecified atom stereocenters. The molecule has 30 heavy (non-hydrogen) atoms. The Morgan fingerprint density at radius 3 is 2.70 bits per heavy atom. The molecule has 1 aliphatic rings. The van der Waals surface area contributed by atoms with E-state index in [4.69, 9.17) is 14.2 Å². The highest BCUT2D eigenvalue weighted by atomic mass is 16.5. The molecule has 0 bridgehead atoms. The lowest BCUT2D eigenvalue weighted by molar-refractivity contribution is 0.214. The van der Waals surface area contributed by atoms with Crippen molar-refractivity contribution in [2.45, 2.75) is 26.1 Å². The number of hydrogen-bond donors (Lipinski definition) is 1. The summed E-state index contributed by atoms with van der Waals surface area (Å²) in [6, 6.07) is 17.2. The van der Waals surface area contributed by atoms with Crippen LogP contribution in [-0.2, 0) is 6.61 Å². The van der Waals surface area contributed by atoms with Gasteiger partial charge in [0, 0.05) is 36.0 Å². The van der Waals surface area contributed by atoms with Gasteiger partial charge >= 0.3 is 0 Å². The van der Waals surface area contributed by atoms with Crippen molar-refractivity contribution in [3.8, 4) is 23.1 Å². The van der Waals surface area contributed by atoms with Crippen molar-refractivity contribution in [1.82, 2.24) is 4.98 Å². The molecular weight excluding hydrogens is 380 g/mol. The molecule has 0 amide bonds. The van der Waals surface area contributed by atoms with Crippen molar-refractivity contribution in [3.63, 3.8) is 0 Å². The summed E-state index contributed by atoms with van der Waals surface area (Å²) in [6.45, 7) is 3.53. The summed E-state index contributed by atoms with van der Waals surface area (Å²) in [6.07, 6.45) is 2.72. The predicted molar refractivity (Wildman–Crippen MR) is 116 cm³/mol. The average molecular weight is 406 g/mol. The van der Waals surface area contributed by atoms with Crippen LogP contribution in [0.3, 0.4) is 0 Å². The van der Waals surface area contributed by atoms with Crippen LogP contribution in [0.4, 0.5) is 5.69 Å². The van der Waals surface area contributed by atoms with Gasteiger partial charge in [-0.05, 0) is 43.3 Å². The zero-order valence-corrected chi connectivity index (χ0v) is 17.2. The topological polar surface area (TPSA) is 64.1 Å². The maximum Gasteiger partial charge on any atom is 0.216 e. The number of ether oxygens (including phenoxy) is 3. The number of rotatable bonds is 7. The van der Waals surface area contributed by atoms with Gasteiger partial charge in [0.1, 0.15) is 11.9 Å². The quantitative estimate of drug-likeness (QED) is 0.630. The van der Waals surface area contributed by atoms with Crippen LogP contribution in [0, 0.1) is 6.92 Å². The standard InChI is InChI=1S/C24H26N2O4/c1-17-6-5-12-25-24(17)30-20-11-13-26(15-20)21-10-9-19(14-18(21)16-27)29-23-8-4-3-7-22(23)28-2/h3-10,12,14,20,27H,11,13,15-16H2,1-2H3. The van der Waals surface area contributed by atoms with E-state index in [1.165, 1.54) is 0 Å². The first-order chi connectivity index (χ1) is 14.7. The fourth-order valence-electron chi connectivity index (χ4n) is 3.69. The third-order valence-electron chi connectivity index (χ3n) is 5.24. The van der Waals surface area contributed by atoms with Gasteiger partial charge in [-0.15, -0.1) is 0 Å². The van der Waals surface area contributed by atoms with Crippen molar-refractivity contribution in [3.05, 3.63) is 71.9 Å². The molecule has 156 valence electrons. The normalized spacial score (nSPS) is 15.8. The molecule has 6 nitrogen and oxygen atoms in total. The minimum absolute atomic E-state index is 0.0645. The summed E-state index contributed by atoms with van der Waals surface area (Å²) < 4.78 is 17.4. The monoisotopic (exact) mass is 406 g/mol. The van der Waals surface area contributed by atoms with Gasteiger partial charge < -0.3 is 24.2 Å². The lowest BCUT2D eigenvalue weighted by Gasteiger charge is -2.22. The highest BCUT2D eigenvalue weighted by Crippen LogP contribution is 2.34. The Kier molecular flexibility index (Phi) is 6.05. The van der Waals surface area contributed by atoms with Crippen LogP contribution in [0.25, 0.3) is 0 Å². The molecule has 1 N–H and O–H groups in total. The second kappa shape index (κ2) is 9.05. The summed E-state index contributed by atoms with van der Waals surface area (Å²) in [4.78, 5) is 6.57. The van der Waals surface area contributed by atoms with Crippen LogP contribution >= 0.6 is 0 Å². The second-order valence-corrected chi connectivity index (χ2v) is 7.30. The molecule has 0 radical (unpaired) electrons. The molecule has 2 aromatic carbocycles. The third-order valence-corrected chi connectivity index (χ3v) is 5.24.